The van der Waals surface area contributed by atoms with Crippen molar-refractivity contribution in [1.82, 2.24) is 0 Å². The topological polar surface area (TPSA) is 35.2 Å². The molecule has 2 nitrogen and oxygen atoms in total. The van der Waals surface area contributed by atoms with E-state index in [0.29, 0.717) is 0 Å². The summed E-state index contributed by atoms with van der Waals surface area (Å²) >= 11 is 3.49. The third-order valence-corrected chi connectivity index (χ3v) is 4.19. The molecule has 1 aliphatic heterocycles. The second-order valence-electron chi connectivity index (χ2n) is 5.50. The van der Waals surface area contributed by atoms with Gasteiger partial charge in [0, 0.05) is 22.5 Å². The number of fused-ring (bicyclic) bond motifs is 1. The third-order valence-electron chi connectivity index (χ3n) is 3.69. The van der Waals surface area contributed by atoms with Gasteiger partial charge in [-0.25, -0.2) is 0 Å². The van der Waals surface area contributed by atoms with Gasteiger partial charge >= 0.3 is 0 Å². The summed E-state index contributed by atoms with van der Waals surface area (Å²) in [5, 5.41) is 0. The van der Waals surface area contributed by atoms with Gasteiger partial charge in [-0.3, -0.25) is 0 Å². The molecule has 1 aromatic carbocycles. The first-order valence-electron chi connectivity index (χ1n) is 6.78. The summed E-state index contributed by atoms with van der Waals surface area (Å²) in [6.07, 6.45) is 5.71. The van der Waals surface area contributed by atoms with Crippen LogP contribution in [0.2, 0.25) is 0 Å². The molecule has 0 amide bonds. The zero-order valence-electron chi connectivity index (χ0n) is 11.2. The number of hydrogen-bond donors (Lipinski definition) is 1. The standard InChI is InChI=1S/C15H22BrNO/c1-3-4-5-8-15(2)10-13(17)12-7-6-11(16)9-14(12)18-15/h6-7,9,13H,3-5,8,10,17H2,1-2H3. The minimum Gasteiger partial charge on any atom is -0.487 e. The smallest absolute Gasteiger partial charge is 0.126 e. The lowest BCUT2D eigenvalue weighted by Gasteiger charge is -2.39. The highest BCUT2D eigenvalue weighted by Crippen LogP contribution is 2.41. The van der Waals surface area contributed by atoms with Gasteiger partial charge in [-0.1, -0.05) is 41.8 Å². The molecule has 2 rings (SSSR count). The van der Waals surface area contributed by atoms with E-state index in [4.69, 9.17) is 10.5 Å². The highest BCUT2D eigenvalue weighted by Gasteiger charge is 2.35. The Morgan fingerprint density at radius 3 is 2.94 bits per heavy atom. The average Bonchev–Trinajstić information content (AvgIpc) is 2.28. The first-order valence-corrected chi connectivity index (χ1v) is 7.57. The molecule has 0 spiro atoms. The van der Waals surface area contributed by atoms with Crippen LogP contribution >= 0.6 is 15.9 Å². The zero-order chi connectivity index (χ0) is 13.2. The molecule has 2 unspecified atom stereocenters. The maximum absolute atomic E-state index is 6.28. The predicted octanol–water partition coefficient (Wildman–Crippen LogP) is 4.57. The molecular weight excluding hydrogens is 290 g/mol. The van der Waals surface area contributed by atoms with Crippen molar-refractivity contribution < 1.29 is 4.74 Å². The van der Waals surface area contributed by atoms with E-state index >= 15 is 0 Å². The van der Waals surface area contributed by atoms with Crippen LogP contribution in [0, 0.1) is 0 Å². The number of nitrogens with two attached hydrogens (primary N) is 1. The van der Waals surface area contributed by atoms with Crippen LogP contribution in [-0.4, -0.2) is 5.60 Å². The second kappa shape index (κ2) is 5.62. The molecule has 0 saturated carbocycles. The molecule has 100 valence electrons. The van der Waals surface area contributed by atoms with E-state index in [1.54, 1.807) is 0 Å². The minimum absolute atomic E-state index is 0.0912. The summed E-state index contributed by atoms with van der Waals surface area (Å²) in [7, 11) is 0. The molecule has 0 aromatic heterocycles. The summed E-state index contributed by atoms with van der Waals surface area (Å²) < 4.78 is 7.25. The van der Waals surface area contributed by atoms with Gasteiger partial charge in [0.2, 0.25) is 0 Å². The van der Waals surface area contributed by atoms with Gasteiger partial charge in [0.25, 0.3) is 0 Å². The lowest BCUT2D eigenvalue weighted by molar-refractivity contribution is 0.0430. The number of unbranched alkanes of at least 4 members (excludes halogenated alkanes) is 2. The molecule has 0 aliphatic carbocycles. The van der Waals surface area contributed by atoms with E-state index in [1.807, 2.05) is 12.1 Å². The van der Waals surface area contributed by atoms with E-state index in [0.717, 1.165) is 28.6 Å². The van der Waals surface area contributed by atoms with Crippen LogP contribution in [0.15, 0.2) is 22.7 Å². The Morgan fingerprint density at radius 2 is 2.22 bits per heavy atom. The van der Waals surface area contributed by atoms with E-state index in [2.05, 4.69) is 35.8 Å². The van der Waals surface area contributed by atoms with Crippen molar-refractivity contribution in [3.05, 3.63) is 28.2 Å². The molecule has 2 atom stereocenters. The largest absolute Gasteiger partial charge is 0.487 e. The first-order chi connectivity index (χ1) is 8.54. The molecule has 0 saturated heterocycles. The van der Waals surface area contributed by atoms with E-state index in [1.165, 1.54) is 19.3 Å². The van der Waals surface area contributed by atoms with Gasteiger partial charge in [0.1, 0.15) is 11.4 Å². The fourth-order valence-electron chi connectivity index (χ4n) is 2.69. The van der Waals surface area contributed by atoms with Crippen LogP contribution < -0.4 is 10.5 Å². The van der Waals surface area contributed by atoms with Crippen molar-refractivity contribution in [3.63, 3.8) is 0 Å². The maximum Gasteiger partial charge on any atom is 0.126 e. The normalized spacial score (nSPS) is 26.6. The fraction of sp³-hybridized carbons (Fsp3) is 0.600. The molecule has 0 bridgehead atoms. The van der Waals surface area contributed by atoms with Crippen molar-refractivity contribution in [2.75, 3.05) is 0 Å². The molecule has 1 heterocycles. The number of halogens is 1. The minimum atomic E-state index is -0.109. The van der Waals surface area contributed by atoms with Crippen molar-refractivity contribution in [3.8, 4) is 5.75 Å². The Morgan fingerprint density at radius 1 is 1.44 bits per heavy atom. The van der Waals surface area contributed by atoms with Gasteiger partial charge in [-0.2, -0.15) is 0 Å². The van der Waals surface area contributed by atoms with Gasteiger partial charge in [-0.15, -0.1) is 0 Å². The monoisotopic (exact) mass is 311 g/mol. The van der Waals surface area contributed by atoms with Crippen molar-refractivity contribution >= 4 is 15.9 Å². The Balaban J connectivity index is 2.15. The molecule has 2 N–H and O–H groups in total. The quantitative estimate of drug-likeness (QED) is 0.827. The third kappa shape index (κ3) is 3.07. The van der Waals surface area contributed by atoms with Gasteiger partial charge in [0.15, 0.2) is 0 Å². The maximum atomic E-state index is 6.28. The number of ether oxygens (including phenoxy) is 1. The molecule has 0 radical (unpaired) electrons. The molecule has 3 heteroatoms. The van der Waals surface area contributed by atoms with Gasteiger partial charge < -0.3 is 10.5 Å². The number of benzene rings is 1. The highest BCUT2D eigenvalue weighted by molar-refractivity contribution is 9.10. The van der Waals surface area contributed by atoms with Crippen LogP contribution in [0.25, 0.3) is 0 Å². The number of rotatable bonds is 4. The van der Waals surface area contributed by atoms with Crippen LogP contribution in [-0.2, 0) is 0 Å². The van der Waals surface area contributed by atoms with E-state index in [-0.39, 0.29) is 11.6 Å². The van der Waals surface area contributed by atoms with Crippen molar-refractivity contribution in [2.45, 2.75) is 57.6 Å². The van der Waals surface area contributed by atoms with Gasteiger partial charge in [0.05, 0.1) is 0 Å². The number of hydrogen-bond acceptors (Lipinski definition) is 2. The van der Waals surface area contributed by atoms with Crippen LogP contribution in [0.1, 0.15) is 57.6 Å². The Bertz CT molecular complexity index is 421. The van der Waals surface area contributed by atoms with Crippen LogP contribution in [0.3, 0.4) is 0 Å². The Labute approximate surface area is 118 Å². The fourth-order valence-corrected chi connectivity index (χ4v) is 3.03. The lowest BCUT2D eigenvalue weighted by Crippen LogP contribution is -2.40. The van der Waals surface area contributed by atoms with Crippen LogP contribution in [0.5, 0.6) is 5.75 Å². The molecule has 1 aliphatic rings. The van der Waals surface area contributed by atoms with Crippen LogP contribution in [0.4, 0.5) is 0 Å². The average molecular weight is 312 g/mol. The Hall–Kier alpha value is -0.540. The van der Waals surface area contributed by atoms with Crippen molar-refractivity contribution in [2.24, 2.45) is 5.73 Å². The lowest BCUT2D eigenvalue weighted by atomic mass is 9.85. The molecule has 1 aromatic rings. The zero-order valence-corrected chi connectivity index (χ0v) is 12.8. The van der Waals surface area contributed by atoms with E-state index in [9.17, 15) is 0 Å². The summed E-state index contributed by atoms with van der Waals surface area (Å²) in [6, 6.07) is 6.22. The van der Waals surface area contributed by atoms with E-state index < -0.39 is 0 Å². The van der Waals surface area contributed by atoms with Gasteiger partial charge in [-0.05, 0) is 31.9 Å². The molecular formula is C15H22BrNO. The SMILES string of the molecule is CCCCCC1(C)CC(N)c2ccc(Br)cc2O1. The molecule has 0 fully saturated rings. The summed E-state index contributed by atoms with van der Waals surface area (Å²) in [5.41, 5.74) is 7.30. The highest BCUT2D eigenvalue weighted by atomic mass is 79.9. The summed E-state index contributed by atoms with van der Waals surface area (Å²) in [4.78, 5) is 0. The molecule has 18 heavy (non-hydrogen) atoms. The summed E-state index contributed by atoms with van der Waals surface area (Å²) in [5.74, 6) is 0.946. The first kappa shape index (κ1) is 13.9. The predicted molar refractivity (Wildman–Crippen MR) is 78.9 cm³/mol. The second-order valence-corrected chi connectivity index (χ2v) is 6.42. The summed E-state index contributed by atoms with van der Waals surface area (Å²) in [6.45, 7) is 4.41. The Kier molecular flexibility index (Phi) is 4.33. The van der Waals surface area contributed by atoms with Crippen molar-refractivity contribution in [1.29, 1.82) is 0 Å².